The van der Waals surface area contributed by atoms with Crippen LogP contribution in [0.5, 0.6) is 0 Å². The highest BCUT2D eigenvalue weighted by Crippen LogP contribution is 2.43. The number of H-pyrrole nitrogens is 1. The summed E-state index contributed by atoms with van der Waals surface area (Å²) in [6.45, 7) is 1.97. The van der Waals surface area contributed by atoms with E-state index < -0.39 is 18.0 Å². The second-order valence-electron chi connectivity index (χ2n) is 8.09. The number of hydrogen-bond acceptors (Lipinski definition) is 3. The van der Waals surface area contributed by atoms with Gasteiger partial charge in [-0.15, -0.1) is 0 Å². The Kier molecular flexibility index (Phi) is 3.44. The highest BCUT2D eigenvalue weighted by Gasteiger charge is 2.53. The zero-order valence-electron chi connectivity index (χ0n) is 14.2. The lowest BCUT2D eigenvalue weighted by Crippen LogP contribution is -3.16. The fraction of sp³-hybridized carbons (Fsp3) is 0.550. The number of aromatic amines is 1. The first kappa shape index (κ1) is 15.4. The van der Waals surface area contributed by atoms with Crippen LogP contribution in [0.3, 0.4) is 0 Å². The molecule has 2 aromatic rings. The molecule has 3 N–H and O–H groups in total. The van der Waals surface area contributed by atoms with Gasteiger partial charge in [-0.2, -0.15) is 0 Å². The molecule has 1 aliphatic carbocycles. The van der Waals surface area contributed by atoms with Gasteiger partial charge in [0, 0.05) is 41.0 Å². The van der Waals surface area contributed by atoms with Gasteiger partial charge in [-0.3, -0.25) is 0 Å². The first-order chi connectivity index (χ1) is 12.1. The Morgan fingerprint density at radius 2 is 2.12 bits per heavy atom. The molecule has 0 spiro atoms. The molecule has 3 aliphatic rings. The van der Waals surface area contributed by atoms with Gasteiger partial charge in [-0.1, -0.05) is 24.6 Å². The van der Waals surface area contributed by atoms with Gasteiger partial charge in [0.2, 0.25) is 0 Å². The summed E-state index contributed by atoms with van der Waals surface area (Å²) >= 11 is 0. The van der Waals surface area contributed by atoms with Crippen molar-refractivity contribution in [2.75, 3.05) is 13.1 Å². The van der Waals surface area contributed by atoms with Crippen molar-refractivity contribution in [1.29, 1.82) is 0 Å². The number of carboxylic acid groups (broad SMARTS) is 1. The lowest BCUT2D eigenvalue weighted by atomic mass is 9.64. The molecule has 3 heterocycles. The number of carboxylic acids is 1. The Morgan fingerprint density at radius 3 is 2.96 bits per heavy atom. The molecule has 2 aliphatic heterocycles. The minimum Gasteiger partial charge on any atom is -0.550 e. The molecule has 6 atom stereocenters. The van der Waals surface area contributed by atoms with Crippen LogP contribution >= 0.6 is 0 Å². The topological polar surface area (TPSA) is 80.6 Å². The molecule has 1 aromatic carbocycles. The summed E-state index contributed by atoms with van der Waals surface area (Å²) in [5.41, 5.74) is 3.54. The smallest absolute Gasteiger partial charge is 0.155 e. The fourth-order valence-electron chi connectivity index (χ4n) is 5.94. The van der Waals surface area contributed by atoms with Crippen molar-refractivity contribution in [3.63, 3.8) is 0 Å². The van der Waals surface area contributed by atoms with Crippen molar-refractivity contribution in [1.82, 2.24) is 4.98 Å². The average Bonchev–Trinajstić information content (AvgIpc) is 2.99. The van der Waals surface area contributed by atoms with Crippen molar-refractivity contribution in [2.24, 2.45) is 17.8 Å². The van der Waals surface area contributed by atoms with Gasteiger partial charge in [-0.05, 0) is 24.5 Å². The normalized spacial score (nSPS) is 37.2. The van der Waals surface area contributed by atoms with E-state index in [-0.39, 0.29) is 12.0 Å². The molecule has 1 saturated carbocycles. The monoisotopic (exact) mass is 340 g/mol. The lowest BCUT2D eigenvalue weighted by Gasteiger charge is -2.51. The molecule has 1 unspecified atom stereocenters. The summed E-state index contributed by atoms with van der Waals surface area (Å²) in [7, 11) is 0. The number of carbonyl (C=O) groups is 1. The van der Waals surface area contributed by atoms with Crippen molar-refractivity contribution >= 4 is 16.9 Å². The van der Waals surface area contributed by atoms with E-state index in [0.717, 1.165) is 43.6 Å². The number of aliphatic hydroxyl groups excluding tert-OH is 1. The third-order valence-corrected chi connectivity index (χ3v) is 6.96. The summed E-state index contributed by atoms with van der Waals surface area (Å²) in [5.74, 6) is -1.37. The van der Waals surface area contributed by atoms with Crippen molar-refractivity contribution in [3.8, 4) is 0 Å². The van der Waals surface area contributed by atoms with Gasteiger partial charge in [0.15, 0.2) is 6.04 Å². The number of carbonyl (C=O) groups excluding carboxylic acids is 1. The first-order valence-electron chi connectivity index (χ1n) is 9.48. The van der Waals surface area contributed by atoms with Crippen LogP contribution in [-0.4, -0.2) is 35.3 Å². The number of benzene rings is 1. The van der Waals surface area contributed by atoms with Crippen LogP contribution in [0.4, 0.5) is 0 Å². The standard InChI is InChI=1S/C20H24N2O3/c23-19-16-11(4-3-6-14(16)20(24)25)10-22-9-8-13-12-5-1-2-7-15(12)21-17(13)18(19)22/h1-2,5,7,11,14,16,18-19,21,23H,3-4,6,8-10H2,(H,24,25)/t11-,14-,16+,18-,19-/m0/s1. The Balaban J connectivity index is 1.59. The predicted octanol–water partition coefficient (Wildman–Crippen LogP) is -0.193. The van der Waals surface area contributed by atoms with Gasteiger partial charge in [-0.25, -0.2) is 0 Å². The number of aromatic nitrogens is 1. The summed E-state index contributed by atoms with van der Waals surface area (Å²) in [5, 5.41) is 24.2. The summed E-state index contributed by atoms with van der Waals surface area (Å²) in [6.07, 6.45) is 2.99. The lowest BCUT2D eigenvalue weighted by molar-refractivity contribution is -0.949. The van der Waals surface area contributed by atoms with Crippen molar-refractivity contribution in [3.05, 3.63) is 35.5 Å². The zero-order chi connectivity index (χ0) is 17.1. The number of fused-ring (bicyclic) bond motifs is 6. The highest BCUT2D eigenvalue weighted by molar-refractivity contribution is 5.85. The van der Waals surface area contributed by atoms with Crippen molar-refractivity contribution in [2.45, 2.75) is 37.8 Å². The fourth-order valence-corrected chi connectivity index (χ4v) is 5.94. The van der Waals surface area contributed by atoms with Gasteiger partial charge in [0.25, 0.3) is 0 Å². The Bertz CT molecular complexity index is 829. The van der Waals surface area contributed by atoms with Gasteiger partial charge >= 0.3 is 0 Å². The predicted molar refractivity (Wildman–Crippen MR) is 90.8 cm³/mol. The number of para-hydroxylation sites is 1. The van der Waals surface area contributed by atoms with Crippen LogP contribution in [0.2, 0.25) is 0 Å². The molecule has 132 valence electrons. The molecule has 1 aromatic heterocycles. The van der Waals surface area contributed by atoms with E-state index >= 15 is 0 Å². The molecular formula is C20H24N2O3. The van der Waals surface area contributed by atoms with Crippen molar-refractivity contribution < 1.29 is 19.9 Å². The number of aliphatic carboxylic acids is 1. The number of rotatable bonds is 1. The maximum atomic E-state index is 11.7. The quantitative estimate of drug-likeness (QED) is 0.673. The molecule has 5 nitrogen and oxygen atoms in total. The summed E-state index contributed by atoms with van der Waals surface area (Å²) < 4.78 is 0. The number of quaternary nitrogens is 1. The molecule has 0 amide bonds. The van der Waals surface area contributed by atoms with Gasteiger partial charge in [0.1, 0.15) is 6.10 Å². The largest absolute Gasteiger partial charge is 0.550 e. The SMILES string of the molecule is O=C([O-])[C@H]1CCC[C@H]2C[NH+]3CCc4c([nH]c5ccccc45)[C@H]3[C@@H](O)[C@H]21. The molecule has 0 radical (unpaired) electrons. The molecule has 5 heteroatoms. The Morgan fingerprint density at radius 1 is 1.28 bits per heavy atom. The Labute approximate surface area is 146 Å². The first-order valence-corrected chi connectivity index (χ1v) is 9.48. The third-order valence-electron chi connectivity index (χ3n) is 6.96. The molecule has 0 bridgehead atoms. The molecule has 5 rings (SSSR count). The van der Waals surface area contributed by atoms with Crippen LogP contribution in [0, 0.1) is 17.8 Å². The van der Waals surface area contributed by atoms with E-state index in [1.807, 2.05) is 6.07 Å². The number of aliphatic hydroxyl groups is 1. The minimum atomic E-state index is -0.982. The summed E-state index contributed by atoms with van der Waals surface area (Å²) in [6, 6.07) is 8.25. The number of nitrogens with one attached hydrogen (secondary N) is 2. The van der Waals surface area contributed by atoms with Crippen LogP contribution in [0.15, 0.2) is 24.3 Å². The highest BCUT2D eigenvalue weighted by atomic mass is 16.4. The van der Waals surface area contributed by atoms with Crippen LogP contribution in [0.25, 0.3) is 10.9 Å². The van der Waals surface area contributed by atoms with E-state index in [2.05, 4.69) is 23.2 Å². The van der Waals surface area contributed by atoms with Crippen LogP contribution < -0.4 is 10.0 Å². The van der Waals surface area contributed by atoms with E-state index in [1.165, 1.54) is 15.8 Å². The van der Waals surface area contributed by atoms with E-state index in [4.69, 9.17) is 0 Å². The molecule has 1 saturated heterocycles. The molecule has 2 fully saturated rings. The maximum absolute atomic E-state index is 11.7. The van der Waals surface area contributed by atoms with Crippen LogP contribution in [0.1, 0.15) is 36.6 Å². The van der Waals surface area contributed by atoms with E-state index in [9.17, 15) is 15.0 Å². The number of piperidine rings is 1. The molecular weight excluding hydrogens is 316 g/mol. The molecule has 25 heavy (non-hydrogen) atoms. The van der Waals surface area contributed by atoms with E-state index in [0.29, 0.717) is 12.3 Å². The van der Waals surface area contributed by atoms with Crippen LogP contribution in [-0.2, 0) is 11.2 Å². The second-order valence-corrected chi connectivity index (χ2v) is 8.09. The Hall–Kier alpha value is -1.85. The average molecular weight is 340 g/mol. The number of hydrogen-bond donors (Lipinski definition) is 3. The minimum absolute atomic E-state index is 0.0441. The third kappa shape index (κ3) is 2.19. The zero-order valence-corrected chi connectivity index (χ0v) is 14.2. The maximum Gasteiger partial charge on any atom is 0.155 e. The van der Waals surface area contributed by atoms with Gasteiger partial charge < -0.3 is 24.9 Å². The summed E-state index contributed by atoms with van der Waals surface area (Å²) in [4.78, 5) is 16.6. The second kappa shape index (κ2) is 5.58. The van der Waals surface area contributed by atoms with Gasteiger partial charge in [0.05, 0.1) is 18.8 Å². The van der Waals surface area contributed by atoms with E-state index in [1.54, 1.807) is 0 Å².